The first-order valence-corrected chi connectivity index (χ1v) is 8.51. The van der Waals surface area contributed by atoms with E-state index < -0.39 is 0 Å². The predicted octanol–water partition coefficient (Wildman–Crippen LogP) is 4.31. The summed E-state index contributed by atoms with van der Waals surface area (Å²) in [4.78, 5) is 7.33. The Hall–Kier alpha value is -1.25. The quantitative estimate of drug-likeness (QED) is 0.878. The standard InChI is InChI=1S/C18H29N3/c1-18(2,3)20-16-9-6-10-17(19-16)21-12-11-14-7-4-5-8-15(14)13-21/h6,9-10,14-15H,4-5,7-8,11-13H2,1-3H3,(H,19,20). The Morgan fingerprint density at radius 2 is 1.86 bits per heavy atom. The van der Waals surface area contributed by atoms with Crippen LogP contribution in [0.25, 0.3) is 0 Å². The summed E-state index contributed by atoms with van der Waals surface area (Å²) in [6.45, 7) is 8.91. The minimum atomic E-state index is 0.0575. The zero-order valence-corrected chi connectivity index (χ0v) is 13.7. The fourth-order valence-corrected chi connectivity index (χ4v) is 3.86. The Morgan fingerprint density at radius 1 is 1.10 bits per heavy atom. The molecule has 3 nitrogen and oxygen atoms in total. The number of hydrogen-bond donors (Lipinski definition) is 1. The summed E-state index contributed by atoms with van der Waals surface area (Å²) in [5.74, 6) is 4.01. The number of aromatic nitrogens is 1. The molecule has 3 rings (SSSR count). The summed E-state index contributed by atoms with van der Waals surface area (Å²) in [6, 6.07) is 6.36. The monoisotopic (exact) mass is 287 g/mol. The molecule has 2 unspecified atom stereocenters. The van der Waals surface area contributed by atoms with Crippen LogP contribution in [-0.4, -0.2) is 23.6 Å². The number of anilines is 2. The molecule has 1 aromatic rings. The summed E-state index contributed by atoms with van der Waals surface area (Å²) in [5.41, 5.74) is 0.0575. The fraction of sp³-hybridized carbons (Fsp3) is 0.722. The molecule has 1 aliphatic heterocycles. The molecule has 1 aromatic heterocycles. The molecule has 0 amide bonds. The first-order chi connectivity index (χ1) is 10.0. The van der Waals surface area contributed by atoms with Crippen molar-refractivity contribution in [1.82, 2.24) is 4.98 Å². The topological polar surface area (TPSA) is 28.2 Å². The summed E-state index contributed by atoms with van der Waals surface area (Å²) in [5, 5.41) is 3.48. The molecule has 0 aromatic carbocycles. The van der Waals surface area contributed by atoms with Gasteiger partial charge in [-0.2, -0.15) is 0 Å². The van der Waals surface area contributed by atoms with Gasteiger partial charge in [0.15, 0.2) is 0 Å². The fourth-order valence-electron chi connectivity index (χ4n) is 3.86. The van der Waals surface area contributed by atoms with Crippen molar-refractivity contribution < 1.29 is 0 Å². The van der Waals surface area contributed by atoms with Crippen molar-refractivity contribution >= 4 is 11.6 Å². The second kappa shape index (κ2) is 5.86. The van der Waals surface area contributed by atoms with Crippen LogP contribution in [0, 0.1) is 11.8 Å². The van der Waals surface area contributed by atoms with E-state index in [2.05, 4.69) is 49.2 Å². The van der Waals surface area contributed by atoms with E-state index >= 15 is 0 Å². The third-order valence-corrected chi connectivity index (χ3v) is 4.85. The highest BCUT2D eigenvalue weighted by atomic mass is 15.2. The van der Waals surface area contributed by atoms with Crippen LogP contribution in [0.15, 0.2) is 18.2 Å². The second-order valence-corrected chi connectivity index (χ2v) is 7.80. The highest BCUT2D eigenvalue weighted by Gasteiger charge is 2.31. The van der Waals surface area contributed by atoms with E-state index in [9.17, 15) is 0 Å². The lowest BCUT2D eigenvalue weighted by Gasteiger charge is -2.41. The third-order valence-electron chi connectivity index (χ3n) is 4.85. The number of rotatable bonds is 2. The molecule has 1 saturated carbocycles. The van der Waals surface area contributed by atoms with Gasteiger partial charge in [-0.3, -0.25) is 0 Å². The molecule has 1 N–H and O–H groups in total. The molecular weight excluding hydrogens is 258 g/mol. The zero-order chi connectivity index (χ0) is 14.9. The van der Waals surface area contributed by atoms with Gasteiger partial charge in [0.1, 0.15) is 11.6 Å². The molecule has 0 bridgehead atoms. The summed E-state index contributed by atoms with van der Waals surface area (Å²) in [7, 11) is 0. The van der Waals surface area contributed by atoms with Crippen LogP contribution in [0.1, 0.15) is 52.9 Å². The van der Waals surface area contributed by atoms with Crippen LogP contribution in [0.3, 0.4) is 0 Å². The van der Waals surface area contributed by atoms with Crippen molar-refractivity contribution in [1.29, 1.82) is 0 Å². The second-order valence-electron chi connectivity index (χ2n) is 7.80. The molecule has 0 spiro atoms. The van der Waals surface area contributed by atoms with Gasteiger partial charge in [0.25, 0.3) is 0 Å². The summed E-state index contributed by atoms with van der Waals surface area (Å²) in [6.07, 6.45) is 7.10. The van der Waals surface area contributed by atoms with Crippen LogP contribution in [0.2, 0.25) is 0 Å². The highest BCUT2D eigenvalue weighted by molar-refractivity contribution is 5.48. The number of fused-ring (bicyclic) bond motifs is 1. The maximum absolute atomic E-state index is 4.83. The van der Waals surface area contributed by atoms with Crippen LogP contribution in [0.5, 0.6) is 0 Å². The van der Waals surface area contributed by atoms with Gasteiger partial charge >= 0.3 is 0 Å². The van der Waals surface area contributed by atoms with Gasteiger partial charge in [-0.1, -0.05) is 25.3 Å². The molecule has 2 fully saturated rings. The number of pyridine rings is 1. The Balaban J connectivity index is 1.70. The molecule has 21 heavy (non-hydrogen) atoms. The number of nitrogens with zero attached hydrogens (tertiary/aromatic N) is 2. The molecule has 116 valence electrons. The normalized spacial score (nSPS) is 26.3. The SMILES string of the molecule is CC(C)(C)Nc1cccc(N2CCC3CCCCC3C2)n1. The molecule has 1 saturated heterocycles. The molecule has 1 aliphatic carbocycles. The number of nitrogens with one attached hydrogen (secondary N) is 1. The van der Waals surface area contributed by atoms with E-state index in [0.29, 0.717) is 0 Å². The molecule has 3 heteroatoms. The number of piperidine rings is 1. The Bertz CT molecular complexity index is 478. The van der Waals surface area contributed by atoms with Crippen molar-refractivity contribution in [3.8, 4) is 0 Å². The van der Waals surface area contributed by atoms with Gasteiger partial charge in [-0.15, -0.1) is 0 Å². The summed E-state index contributed by atoms with van der Waals surface area (Å²) >= 11 is 0. The van der Waals surface area contributed by atoms with Crippen LogP contribution in [-0.2, 0) is 0 Å². The summed E-state index contributed by atoms with van der Waals surface area (Å²) < 4.78 is 0. The molecule has 2 aliphatic rings. The lowest BCUT2D eigenvalue weighted by atomic mass is 9.75. The zero-order valence-electron chi connectivity index (χ0n) is 13.7. The molecule has 2 heterocycles. The predicted molar refractivity (Wildman–Crippen MR) is 89.9 cm³/mol. The van der Waals surface area contributed by atoms with Crippen molar-refractivity contribution in [2.24, 2.45) is 11.8 Å². The maximum atomic E-state index is 4.83. The largest absolute Gasteiger partial charge is 0.365 e. The van der Waals surface area contributed by atoms with Gasteiger partial charge in [0.05, 0.1) is 0 Å². The Labute approximate surface area is 129 Å². The van der Waals surface area contributed by atoms with Crippen LogP contribution >= 0.6 is 0 Å². The van der Waals surface area contributed by atoms with E-state index in [1.807, 2.05) is 0 Å². The first kappa shape index (κ1) is 14.7. The average Bonchev–Trinajstić information content (AvgIpc) is 2.45. The van der Waals surface area contributed by atoms with Crippen molar-refractivity contribution in [2.45, 2.75) is 58.4 Å². The maximum Gasteiger partial charge on any atom is 0.130 e. The lowest BCUT2D eigenvalue weighted by Crippen LogP contribution is -2.42. The van der Waals surface area contributed by atoms with Gasteiger partial charge in [0.2, 0.25) is 0 Å². The van der Waals surface area contributed by atoms with E-state index in [1.54, 1.807) is 0 Å². The Morgan fingerprint density at radius 3 is 2.62 bits per heavy atom. The van der Waals surface area contributed by atoms with E-state index in [-0.39, 0.29) is 5.54 Å². The van der Waals surface area contributed by atoms with Gasteiger partial charge in [-0.05, 0) is 57.6 Å². The third kappa shape index (κ3) is 3.69. The van der Waals surface area contributed by atoms with Crippen LogP contribution < -0.4 is 10.2 Å². The Kier molecular flexibility index (Phi) is 4.10. The molecule has 0 radical (unpaired) electrons. The minimum absolute atomic E-state index is 0.0575. The van der Waals surface area contributed by atoms with E-state index in [4.69, 9.17) is 4.98 Å². The minimum Gasteiger partial charge on any atom is -0.365 e. The van der Waals surface area contributed by atoms with Gasteiger partial charge in [-0.25, -0.2) is 4.98 Å². The molecular formula is C18H29N3. The van der Waals surface area contributed by atoms with Crippen LogP contribution in [0.4, 0.5) is 11.6 Å². The highest BCUT2D eigenvalue weighted by Crippen LogP contribution is 2.37. The van der Waals surface area contributed by atoms with Gasteiger partial charge < -0.3 is 10.2 Å². The van der Waals surface area contributed by atoms with Crippen molar-refractivity contribution in [2.75, 3.05) is 23.3 Å². The molecule has 2 atom stereocenters. The lowest BCUT2D eigenvalue weighted by molar-refractivity contribution is 0.202. The van der Waals surface area contributed by atoms with E-state index in [1.165, 1.54) is 45.2 Å². The van der Waals surface area contributed by atoms with Crippen molar-refractivity contribution in [3.05, 3.63) is 18.2 Å². The first-order valence-electron chi connectivity index (χ1n) is 8.51. The van der Waals surface area contributed by atoms with Gasteiger partial charge in [0, 0.05) is 18.6 Å². The van der Waals surface area contributed by atoms with Crippen molar-refractivity contribution in [3.63, 3.8) is 0 Å². The smallest absolute Gasteiger partial charge is 0.130 e. The van der Waals surface area contributed by atoms with E-state index in [0.717, 1.165) is 23.5 Å². The number of hydrogen-bond acceptors (Lipinski definition) is 3. The average molecular weight is 287 g/mol.